The number of carboxylic acid groups (broad SMARTS) is 2. The maximum atomic E-state index is 12.5. The van der Waals surface area contributed by atoms with Gasteiger partial charge in [0, 0.05) is 67.2 Å². The minimum Gasteiger partial charge on any atom is -0.488 e. The van der Waals surface area contributed by atoms with Gasteiger partial charge in [-0.2, -0.15) is 30.1 Å². The summed E-state index contributed by atoms with van der Waals surface area (Å²) in [6.45, 7) is 3.43. The van der Waals surface area contributed by atoms with Crippen LogP contribution in [0.5, 0.6) is 17.2 Å². The maximum Gasteiger partial charge on any atom is 0.361 e. The van der Waals surface area contributed by atoms with Crippen LogP contribution in [-0.2, 0) is 58.3 Å². The first-order valence-electron chi connectivity index (χ1n) is 22.8. The van der Waals surface area contributed by atoms with Crippen molar-refractivity contribution in [1.82, 2.24) is 4.90 Å². The van der Waals surface area contributed by atoms with Gasteiger partial charge >= 0.3 is 23.9 Å². The van der Waals surface area contributed by atoms with Crippen molar-refractivity contribution in [2.24, 2.45) is 0 Å². The van der Waals surface area contributed by atoms with Crippen molar-refractivity contribution in [3.63, 3.8) is 0 Å². The summed E-state index contributed by atoms with van der Waals surface area (Å²) in [5.74, 6) is -3.89. The third-order valence-electron chi connectivity index (χ3n) is 12.2. The van der Waals surface area contributed by atoms with Crippen LogP contribution in [0.1, 0.15) is 42.4 Å². The zero-order valence-electron chi connectivity index (χ0n) is 39.2. The summed E-state index contributed by atoms with van der Waals surface area (Å²) in [6.07, 6.45) is 7.27. The summed E-state index contributed by atoms with van der Waals surface area (Å²) in [6, 6.07) is 14.7. The van der Waals surface area contributed by atoms with Crippen molar-refractivity contribution < 1.29 is 104 Å². The Labute approximate surface area is 415 Å². The molecule has 25 nitrogen and oxygen atoms in total. The highest BCUT2D eigenvalue weighted by atomic mass is 17.4. The van der Waals surface area contributed by atoms with Gasteiger partial charge in [-0.25, -0.2) is 25.0 Å². The third kappa shape index (κ3) is 13.0. The molecule has 0 bridgehead atoms. The molecule has 3 fully saturated rings. The van der Waals surface area contributed by atoms with E-state index >= 15 is 0 Å². The lowest BCUT2D eigenvalue weighted by atomic mass is 9.86. The van der Waals surface area contributed by atoms with Crippen LogP contribution < -0.4 is 28.9 Å². The van der Waals surface area contributed by atoms with Crippen LogP contribution in [0.15, 0.2) is 96.5 Å². The standard InChI is InChI=1S/C48H52N4O21/c1-28-3-9-35(50(24-41(53)54)25-42(55)56)39(19-28)63-17-18-64-40-20-30(4-10-36(40)51(26-43(57)67-60)27-44(58)68-61)47-33-7-5-31(49(15-11-45-69-70-45)16-12-46-71-72-46)21-37(33)65-38-22-32(6-8-34(38)47)52(23-29(2)66-59)48(73-62)13-14-48/h3-10,19-22,31,45-46,59-62H,2,11-18,23-27H2,1H3,(H,53,54)(H,55,56). The van der Waals surface area contributed by atoms with E-state index in [1.54, 1.807) is 60.4 Å². The molecule has 2 aliphatic carbocycles. The second-order valence-electron chi connectivity index (χ2n) is 17.3. The van der Waals surface area contributed by atoms with E-state index in [0.29, 0.717) is 78.2 Å². The molecule has 5 aliphatic rings. The van der Waals surface area contributed by atoms with Crippen molar-refractivity contribution in [1.29, 1.82) is 0 Å². The molecule has 0 radical (unpaired) electrons. The Bertz CT molecular complexity index is 2610. The van der Waals surface area contributed by atoms with Crippen LogP contribution in [-0.4, -0.2) is 143 Å². The van der Waals surface area contributed by atoms with Crippen molar-refractivity contribution >= 4 is 46.5 Å². The van der Waals surface area contributed by atoms with E-state index in [9.17, 15) is 50.4 Å². The highest BCUT2D eigenvalue weighted by Crippen LogP contribution is 2.50. The van der Waals surface area contributed by atoms with Crippen LogP contribution in [0.3, 0.4) is 0 Å². The minimum absolute atomic E-state index is 0.0267. The Morgan fingerprint density at radius 3 is 1.86 bits per heavy atom. The lowest BCUT2D eigenvalue weighted by Gasteiger charge is -2.35. The van der Waals surface area contributed by atoms with Crippen molar-refractivity contribution in [3.05, 3.63) is 113 Å². The van der Waals surface area contributed by atoms with Gasteiger partial charge in [0.25, 0.3) is 0 Å². The number of aliphatic carboxylic acids is 2. The third-order valence-corrected chi connectivity index (χ3v) is 12.2. The first kappa shape index (κ1) is 52.0. The molecule has 3 heterocycles. The Morgan fingerprint density at radius 1 is 0.726 bits per heavy atom. The van der Waals surface area contributed by atoms with E-state index in [0.717, 1.165) is 15.4 Å². The van der Waals surface area contributed by atoms with Crippen LogP contribution in [0.4, 0.5) is 17.1 Å². The van der Waals surface area contributed by atoms with Crippen LogP contribution in [0.25, 0.3) is 5.57 Å². The van der Waals surface area contributed by atoms with Crippen molar-refractivity contribution in [2.75, 3.05) is 73.7 Å². The second kappa shape index (κ2) is 23.1. The highest BCUT2D eigenvalue weighted by Gasteiger charge is 2.51. The number of ether oxygens (including phenoxy) is 3. The Morgan fingerprint density at radius 2 is 1.32 bits per heavy atom. The monoisotopic (exact) mass is 1020 g/mol. The number of anilines is 3. The molecule has 0 amide bonds. The number of benzene rings is 3. The first-order valence-corrected chi connectivity index (χ1v) is 22.8. The highest BCUT2D eigenvalue weighted by molar-refractivity contribution is 5.93. The van der Waals surface area contributed by atoms with Gasteiger partial charge in [0.1, 0.15) is 62.4 Å². The molecule has 73 heavy (non-hydrogen) atoms. The molecule has 3 aliphatic heterocycles. The molecule has 1 unspecified atom stereocenters. The Balaban J connectivity index is 1.19. The molecule has 8 rings (SSSR count). The smallest absolute Gasteiger partial charge is 0.361 e. The molecule has 1 saturated carbocycles. The van der Waals surface area contributed by atoms with Gasteiger partial charge in [-0.05, 0) is 60.5 Å². The first-order chi connectivity index (χ1) is 35.2. The molecule has 6 N–H and O–H groups in total. The van der Waals surface area contributed by atoms with E-state index in [4.69, 9.17) is 38.6 Å². The van der Waals surface area contributed by atoms with E-state index in [-0.39, 0.29) is 67.0 Å². The molecule has 2 saturated heterocycles. The topological polar surface area (TPSA) is 317 Å². The van der Waals surface area contributed by atoms with Gasteiger partial charge in [0.15, 0.2) is 11.5 Å². The number of carbonyl (C=O) groups excluding carboxylic acids is 2. The predicted octanol–water partition coefficient (Wildman–Crippen LogP) is 4.73. The number of allylic oxidation sites excluding steroid dienone is 1. The Hall–Kier alpha value is -7.30. The van der Waals surface area contributed by atoms with E-state index in [1.165, 1.54) is 6.07 Å². The summed E-state index contributed by atoms with van der Waals surface area (Å²) in [7, 11) is 0. The average Bonchev–Trinajstić information content (AvgIpc) is 4.24. The Kier molecular flexibility index (Phi) is 16.4. The molecule has 3 aromatic rings. The lowest BCUT2D eigenvalue weighted by Crippen LogP contribution is -2.40. The molecule has 0 spiro atoms. The SMILES string of the molecule is C=C(CN(c1ccc2c(c1)OC1=CC(N(CCC3OO3)CCC3OO3)C=CC1=C2c1ccc(N(CC(=O)OO)CC(=O)OO)c(OCCOc2cc(C)ccc2N(CC(=O)O)CC(=O)O)c1)C1(OO)CC1)OO. The molecule has 25 heteroatoms. The predicted molar refractivity (Wildman–Crippen MR) is 248 cm³/mol. The van der Waals surface area contributed by atoms with Gasteiger partial charge in [-0.1, -0.05) is 30.9 Å². The fourth-order valence-electron chi connectivity index (χ4n) is 8.56. The van der Waals surface area contributed by atoms with E-state index < -0.39 is 55.8 Å². The number of nitrogens with zero attached hydrogens (tertiary/aromatic N) is 4. The van der Waals surface area contributed by atoms with Gasteiger partial charge in [0.2, 0.25) is 12.6 Å². The normalized spacial score (nSPS) is 17.1. The summed E-state index contributed by atoms with van der Waals surface area (Å²) < 4.78 is 19.2. The minimum atomic E-state index is -1.27. The van der Waals surface area contributed by atoms with Crippen molar-refractivity contribution in [2.45, 2.75) is 57.0 Å². The van der Waals surface area contributed by atoms with Crippen LogP contribution in [0, 0.1) is 6.92 Å². The van der Waals surface area contributed by atoms with Crippen LogP contribution >= 0.6 is 0 Å². The largest absolute Gasteiger partial charge is 0.488 e. The van der Waals surface area contributed by atoms with Gasteiger partial charge < -0.3 is 44.0 Å². The average molecular weight is 1020 g/mol. The van der Waals surface area contributed by atoms with Crippen molar-refractivity contribution in [3.8, 4) is 17.2 Å². The lowest BCUT2D eigenvalue weighted by molar-refractivity contribution is -0.291. The quantitative estimate of drug-likeness (QED) is 0.0137. The van der Waals surface area contributed by atoms with Crippen LogP contribution in [0.2, 0.25) is 0 Å². The number of carbonyl (C=O) groups is 4. The second-order valence-corrected chi connectivity index (χ2v) is 17.3. The fourth-order valence-corrected chi connectivity index (χ4v) is 8.56. The summed E-state index contributed by atoms with van der Waals surface area (Å²) in [5.41, 5.74) is 2.75. The summed E-state index contributed by atoms with van der Waals surface area (Å²) in [4.78, 5) is 92.0. The summed E-state index contributed by atoms with van der Waals surface area (Å²) in [5, 5.41) is 57.1. The molecule has 3 aromatic carbocycles. The fraction of sp³-hybridized carbons (Fsp3) is 0.375. The molecular formula is C48H52N4O21. The zero-order chi connectivity index (χ0) is 51.8. The van der Waals surface area contributed by atoms with Gasteiger partial charge in [0.05, 0.1) is 24.0 Å². The molecular weight excluding hydrogens is 969 g/mol. The maximum absolute atomic E-state index is 12.5. The zero-order valence-corrected chi connectivity index (χ0v) is 39.2. The number of carboxylic acids is 2. The summed E-state index contributed by atoms with van der Waals surface area (Å²) >= 11 is 0. The number of aryl methyl sites for hydroxylation is 1. The number of hydrogen-bond acceptors (Lipinski definition) is 23. The number of hydrogen-bond donors (Lipinski definition) is 6. The molecule has 1 atom stereocenters. The molecule has 0 aromatic heterocycles. The van der Waals surface area contributed by atoms with Gasteiger partial charge in [-0.15, -0.1) is 0 Å². The van der Waals surface area contributed by atoms with E-state index in [1.807, 2.05) is 18.2 Å². The number of rotatable bonds is 29. The van der Waals surface area contributed by atoms with E-state index in [2.05, 4.69) is 26.1 Å². The van der Waals surface area contributed by atoms with Gasteiger partial charge in [-0.3, -0.25) is 24.3 Å². The molecule has 390 valence electrons. The number of fused-ring (bicyclic) bond motifs is 2.